The number of hydrogen-bond donors (Lipinski definition) is 1. The molecule has 0 aliphatic heterocycles. The molecule has 1 unspecified atom stereocenters. The maximum Gasteiger partial charge on any atom is 0.137 e. The molecule has 0 spiro atoms. The van der Waals surface area contributed by atoms with E-state index in [0.29, 0.717) is 4.47 Å². The first-order valence-corrected chi connectivity index (χ1v) is 6.64. The molecule has 0 aliphatic carbocycles. The second kappa shape index (κ2) is 5.53. The number of hydrogen-bond acceptors (Lipinski definition) is 1. The van der Waals surface area contributed by atoms with Gasteiger partial charge in [-0.3, -0.25) is 0 Å². The van der Waals surface area contributed by atoms with Crippen LogP contribution in [-0.2, 0) is 0 Å². The maximum atomic E-state index is 13.2. The molecule has 3 heteroatoms. The van der Waals surface area contributed by atoms with Crippen LogP contribution < -0.4 is 5.32 Å². The number of rotatable bonds is 3. The zero-order chi connectivity index (χ0) is 13.1. The summed E-state index contributed by atoms with van der Waals surface area (Å²) in [6.07, 6.45) is 0. The van der Waals surface area contributed by atoms with E-state index < -0.39 is 0 Å². The second-order valence-electron chi connectivity index (χ2n) is 4.41. The number of benzene rings is 2. The average molecular weight is 308 g/mol. The Bertz CT molecular complexity index is 554. The fourth-order valence-corrected chi connectivity index (χ4v) is 2.25. The predicted octanol–water partition coefficient (Wildman–Crippen LogP) is 5.07. The molecule has 0 amide bonds. The van der Waals surface area contributed by atoms with Crippen molar-refractivity contribution in [3.63, 3.8) is 0 Å². The summed E-state index contributed by atoms with van der Waals surface area (Å²) in [4.78, 5) is 0. The van der Waals surface area contributed by atoms with Crippen molar-refractivity contribution in [2.45, 2.75) is 19.9 Å². The van der Waals surface area contributed by atoms with Crippen LogP contribution in [0, 0.1) is 12.7 Å². The lowest BCUT2D eigenvalue weighted by atomic mass is 10.1. The van der Waals surface area contributed by atoms with Gasteiger partial charge in [-0.15, -0.1) is 0 Å². The van der Waals surface area contributed by atoms with Crippen LogP contribution in [-0.4, -0.2) is 0 Å². The van der Waals surface area contributed by atoms with Crippen LogP contribution >= 0.6 is 15.9 Å². The summed E-state index contributed by atoms with van der Waals surface area (Å²) in [6, 6.07) is 13.4. The van der Waals surface area contributed by atoms with Crippen molar-refractivity contribution in [3.05, 3.63) is 63.9 Å². The van der Waals surface area contributed by atoms with Crippen LogP contribution in [0.15, 0.2) is 46.9 Å². The predicted molar refractivity (Wildman–Crippen MR) is 77.3 cm³/mol. The molecule has 0 bridgehead atoms. The van der Waals surface area contributed by atoms with Gasteiger partial charge in [0.2, 0.25) is 0 Å². The fourth-order valence-electron chi connectivity index (χ4n) is 1.85. The Kier molecular flexibility index (Phi) is 4.02. The summed E-state index contributed by atoms with van der Waals surface area (Å²) in [5.41, 5.74) is 3.33. The standard InChI is InChI=1S/C15H15BrFN/c1-10-4-3-5-13(8-10)18-11(2)12-6-7-15(17)14(16)9-12/h3-9,11,18H,1-2H3. The van der Waals surface area contributed by atoms with E-state index in [-0.39, 0.29) is 11.9 Å². The van der Waals surface area contributed by atoms with E-state index in [2.05, 4.69) is 47.2 Å². The van der Waals surface area contributed by atoms with Crippen molar-refractivity contribution >= 4 is 21.6 Å². The van der Waals surface area contributed by atoms with Crippen molar-refractivity contribution in [1.29, 1.82) is 0 Å². The molecule has 0 saturated carbocycles. The quantitative estimate of drug-likeness (QED) is 0.834. The molecule has 0 aromatic heterocycles. The van der Waals surface area contributed by atoms with E-state index in [1.54, 1.807) is 6.07 Å². The van der Waals surface area contributed by atoms with Crippen molar-refractivity contribution < 1.29 is 4.39 Å². The molecule has 0 saturated heterocycles. The fraction of sp³-hybridized carbons (Fsp3) is 0.200. The molecule has 1 N–H and O–H groups in total. The maximum absolute atomic E-state index is 13.2. The third-order valence-corrected chi connectivity index (χ3v) is 3.45. The van der Waals surface area contributed by atoms with Gasteiger partial charge >= 0.3 is 0 Å². The monoisotopic (exact) mass is 307 g/mol. The number of nitrogens with one attached hydrogen (secondary N) is 1. The lowest BCUT2D eigenvalue weighted by Gasteiger charge is -2.16. The number of halogens is 2. The third-order valence-electron chi connectivity index (χ3n) is 2.84. The molecule has 1 atom stereocenters. The van der Waals surface area contributed by atoms with E-state index in [9.17, 15) is 4.39 Å². The third kappa shape index (κ3) is 3.10. The second-order valence-corrected chi connectivity index (χ2v) is 5.26. The van der Waals surface area contributed by atoms with Gasteiger partial charge < -0.3 is 5.32 Å². The Morgan fingerprint density at radius 1 is 1.17 bits per heavy atom. The highest BCUT2D eigenvalue weighted by Crippen LogP contribution is 2.24. The summed E-state index contributed by atoms with van der Waals surface area (Å²) >= 11 is 3.21. The Balaban J connectivity index is 2.16. The highest BCUT2D eigenvalue weighted by molar-refractivity contribution is 9.10. The van der Waals surface area contributed by atoms with Crippen LogP contribution in [0.5, 0.6) is 0 Å². The molecule has 94 valence electrons. The van der Waals surface area contributed by atoms with Gasteiger partial charge in [-0.2, -0.15) is 0 Å². The average Bonchev–Trinajstić information content (AvgIpc) is 2.32. The SMILES string of the molecule is Cc1cccc(NC(C)c2ccc(F)c(Br)c2)c1. The van der Waals surface area contributed by atoms with Gasteiger partial charge in [-0.05, 0) is 65.2 Å². The van der Waals surface area contributed by atoms with Gasteiger partial charge in [-0.1, -0.05) is 18.2 Å². The molecule has 1 nitrogen and oxygen atoms in total. The van der Waals surface area contributed by atoms with E-state index in [1.807, 2.05) is 18.2 Å². The van der Waals surface area contributed by atoms with E-state index in [4.69, 9.17) is 0 Å². The van der Waals surface area contributed by atoms with E-state index in [1.165, 1.54) is 11.6 Å². The minimum atomic E-state index is -0.235. The van der Waals surface area contributed by atoms with Crippen LogP contribution in [0.4, 0.5) is 10.1 Å². The van der Waals surface area contributed by atoms with Gasteiger partial charge in [0.25, 0.3) is 0 Å². The van der Waals surface area contributed by atoms with Gasteiger partial charge in [0.15, 0.2) is 0 Å². The topological polar surface area (TPSA) is 12.0 Å². The van der Waals surface area contributed by atoms with Gasteiger partial charge in [-0.25, -0.2) is 4.39 Å². The lowest BCUT2D eigenvalue weighted by molar-refractivity contribution is 0.619. The first-order chi connectivity index (χ1) is 8.56. The zero-order valence-electron chi connectivity index (χ0n) is 10.4. The highest BCUT2D eigenvalue weighted by Gasteiger charge is 2.08. The lowest BCUT2D eigenvalue weighted by Crippen LogP contribution is -2.06. The minimum absolute atomic E-state index is 0.128. The van der Waals surface area contributed by atoms with Crippen LogP contribution in [0.1, 0.15) is 24.1 Å². The summed E-state index contributed by atoms with van der Waals surface area (Å²) < 4.78 is 13.7. The molecular weight excluding hydrogens is 293 g/mol. The summed E-state index contributed by atoms with van der Waals surface area (Å²) in [5, 5.41) is 3.40. The molecule has 18 heavy (non-hydrogen) atoms. The molecule has 0 fully saturated rings. The number of aryl methyl sites for hydroxylation is 1. The minimum Gasteiger partial charge on any atom is -0.379 e. The van der Waals surface area contributed by atoms with E-state index >= 15 is 0 Å². The first kappa shape index (κ1) is 13.1. The van der Waals surface area contributed by atoms with Crippen molar-refractivity contribution in [2.24, 2.45) is 0 Å². The van der Waals surface area contributed by atoms with Crippen LogP contribution in [0.2, 0.25) is 0 Å². The normalized spacial score (nSPS) is 12.2. The summed E-state index contributed by atoms with van der Waals surface area (Å²) in [6.45, 7) is 4.12. The Morgan fingerprint density at radius 3 is 2.61 bits per heavy atom. The molecular formula is C15H15BrFN. The van der Waals surface area contributed by atoms with Gasteiger partial charge in [0, 0.05) is 11.7 Å². The molecule has 2 rings (SSSR count). The highest BCUT2D eigenvalue weighted by atomic mass is 79.9. The smallest absolute Gasteiger partial charge is 0.137 e. The molecule has 0 aliphatic rings. The van der Waals surface area contributed by atoms with Crippen molar-refractivity contribution in [1.82, 2.24) is 0 Å². The number of anilines is 1. The van der Waals surface area contributed by atoms with Gasteiger partial charge in [0.05, 0.1) is 4.47 Å². The molecule has 2 aromatic rings. The van der Waals surface area contributed by atoms with Crippen LogP contribution in [0.3, 0.4) is 0 Å². The first-order valence-electron chi connectivity index (χ1n) is 5.84. The van der Waals surface area contributed by atoms with Crippen molar-refractivity contribution in [3.8, 4) is 0 Å². The summed E-state index contributed by atoms with van der Waals surface area (Å²) in [5.74, 6) is -0.235. The zero-order valence-corrected chi connectivity index (χ0v) is 12.0. The van der Waals surface area contributed by atoms with Crippen molar-refractivity contribution in [2.75, 3.05) is 5.32 Å². The van der Waals surface area contributed by atoms with E-state index in [0.717, 1.165) is 11.3 Å². The Hall–Kier alpha value is -1.35. The van der Waals surface area contributed by atoms with Gasteiger partial charge in [0.1, 0.15) is 5.82 Å². The Labute approximate surface area is 115 Å². The Morgan fingerprint density at radius 2 is 1.94 bits per heavy atom. The largest absolute Gasteiger partial charge is 0.379 e. The molecule has 0 radical (unpaired) electrons. The molecule has 2 aromatic carbocycles. The van der Waals surface area contributed by atoms with Crippen LogP contribution in [0.25, 0.3) is 0 Å². The molecule has 0 heterocycles. The summed E-state index contributed by atoms with van der Waals surface area (Å²) in [7, 11) is 0.